The molecule has 24 heavy (non-hydrogen) atoms. The van der Waals surface area contributed by atoms with Gasteiger partial charge in [-0.15, -0.1) is 11.3 Å². The lowest BCUT2D eigenvalue weighted by atomic mass is 10.2. The molecule has 0 spiro atoms. The number of pyridine rings is 1. The molecule has 0 radical (unpaired) electrons. The Morgan fingerprint density at radius 3 is 2.96 bits per heavy atom. The molecule has 1 amide bonds. The molecule has 0 aliphatic rings. The number of nitrogens with one attached hydrogen (secondary N) is 1. The van der Waals surface area contributed by atoms with Gasteiger partial charge in [0.2, 0.25) is 5.88 Å². The summed E-state index contributed by atoms with van der Waals surface area (Å²) in [4.78, 5) is 17.9. The van der Waals surface area contributed by atoms with E-state index in [4.69, 9.17) is 4.74 Å². The highest BCUT2D eigenvalue weighted by atomic mass is 32.1. The van der Waals surface area contributed by atoms with Gasteiger partial charge >= 0.3 is 0 Å². The van der Waals surface area contributed by atoms with E-state index in [1.807, 2.05) is 6.92 Å². The van der Waals surface area contributed by atoms with Crippen LogP contribution in [0, 0.1) is 6.92 Å². The van der Waals surface area contributed by atoms with Gasteiger partial charge in [-0.05, 0) is 43.0 Å². The van der Waals surface area contributed by atoms with Crippen molar-refractivity contribution >= 4 is 23.1 Å². The Bertz CT molecular complexity index is 840. The fraction of sp³-hybridized carbons (Fsp3) is 0.235. The maximum atomic E-state index is 12.6. The van der Waals surface area contributed by atoms with E-state index in [0.717, 1.165) is 0 Å². The van der Waals surface area contributed by atoms with E-state index in [2.05, 4.69) is 33.8 Å². The summed E-state index contributed by atoms with van der Waals surface area (Å²) in [6.45, 7) is 5.00. The molecule has 0 saturated carbocycles. The van der Waals surface area contributed by atoms with Gasteiger partial charge in [-0.25, -0.2) is 9.67 Å². The molecule has 3 heterocycles. The van der Waals surface area contributed by atoms with E-state index >= 15 is 0 Å². The first kappa shape index (κ1) is 16.2. The number of ether oxygens (including phenoxy) is 1. The van der Waals surface area contributed by atoms with Crippen LogP contribution in [-0.2, 0) is 6.54 Å². The third-order valence-electron chi connectivity index (χ3n) is 3.52. The number of carbonyl (C=O) groups is 1. The van der Waals surface area contributed by atoms with Gasteiger partial charge in [0.1, 0.15) is 11.4 Å². The molecule has 3 rings (SSSR count). The Balaban J connectivity index is 1.79. The lowest BCUT2D eigenvalue weighted by Crippen LogP contribution is -2.17. The third kappa shape index (κ3) is 3.46. The first-order valence-electron chi connectivity index (χ1n) is 7.63. The van der Waals surface area contributed by atoms with Gasteiger partial charge in [0, 0.05) is 17.1 Å². The number of aryl methyl sites for hydroxylation is 1. The van der Waals surface area contributed by atoms with Crippen molar-refractivity contribution in [3.63, 3.8) is 0 Å². The van der Waals surface area contributed by atoms with Crippen molar-refractivity contribution in [3.05, 3.63) is 58.0 Å². The molecule has 124 valence electrons. The second kappa shape index (κ2) is 7.27. The molecule has 0 aliphatic heterocycles. The second-order valence-electron chi connectivity index (χ2n) is 5.14. The minimum Gasteiger partial charge on any atom is -0.477 e. The molecule has 0 aromatic carbocycles. The van der Waals surface area contributed by atoms with Crippen LogP contribution < -0.4 is 10.1 Å². The maximum Gasteiger partial charge on any atom is 0.262 e. The Hall–Kier alpha value is -2.67. The van der Waals surface area contributed by atoms with Crippen molar-refractivity contribution in [2.24, 2.45) is 0 Å². The van der Waals surface area contributed by atoms with Crippen LogP contribution in [0.2, 0.25) is 0 Å². The Labute approximate surface area is 144 Å². The summed E-state index contributed by atoms with van der Waals surface area (Å²) in [5.74, 6) is 0.702. The zero-order valence-corrected chi connectivity index (χ0v) is 14.3. The van der Waals surface area contributed by atoms with Crippen LogP contribution in [0.25, 0.3) is 0 Å². The Morgan fingerprint density at radius 1 is 1.33 bits per heavy atom. The third-order valence-corrected chi connectivity index (χ3v) is 4.52. The molecular formula is C17H18N4O2S. The van der Waals surface area contributed by atoms with Crippen molar-refractivity contribution in [3.8, 4) is 5.88 Å². The van der Waals surface area contributed by atoms with Gasteiger partial charge in [0.25, 0.3) is 5.91 Å². The van der Waals surface area contributed by atoms with Gasteiger partial charge in [-0.3, -0.25) is 4.79 Å². The van der Waals surface area contributed by atoms with Crippen LogP contribution in [0.15, 0.2) is 42.0 Å². The average molecular weight is 342 g/mol. The summed E-state index contributed by atoms with van der Waals surface area (Å²) < 4.78 is 7.19. The summed E-state index contributed by atoms with van der Waals surface area (Å²) in [5, 5.41) is 9.24. The number of carbonyl (C=O) groups excluding carboxylic acids is 1. The first-order valence-corrected chi connectivity index (χ1v) is 8.51. The van der Waals surface area contributed by atoms with Gasteiger partial charge < -0.3 is 10.1 Å². The topological polar surface area (TPSA) is 69.0 Å². The predicted octanol–water partition coefficient (Wildman–Crippen LogP) is 3.35. The molecule has 3 aromatic rings. The molecule has 7 heteroatoms. The molecule has 0 fully saturated rings. The highest BCUT2D eigenvalue weighted by Crippen LogP contribution is 2.20. The normalized spacial score (nSPS) is 10.6. The van der Waals surface area contributed by atoms with E-state index < -0.39 is 0 Å². The standard InChI is InChI=1S/C17H18N4O2S/c1-3-23-17-13(5-4-8-18-17)16(22)20-15-6-9-19-21(15)11-14-12(2)7-10-24-14/h4-10H,3,11H2,1-2H3,(H,20,22). The second-order valence-corrected chi connectivity index (χ2v) is 6.14. The minimum atomic E-state index is -0.267. The van der Waals surface area contributed by atoms with E-state index in [0.29, 0.717) is 30.4 Å². The van der Waals surface area contributed by atoms with Crippen LogP contribution in [0.5, 0.6) is 5.88 Å². The number of hydrogen-bond acceptors (Lipinski definition) is 5. The lowest BCUT2D eigenvalue weighted by molar-refractivity contribution is 0.102. The number of aromatic nitrogens is 3. The van der Waals surface area contributed by atoms with E-state index in [1.54, 1.807) is 46.6 Å². The molecular weight excluding hydrogens is 324 g/mol. The van der Waals surface area contributed by atoms with Crippen molar-refractivity contribution < 1.29 is 9.53 Å². The average Bonchev–Trinajstić information content (AvgIpc) is 3.18. The van der Waals surface area contributed by atoms with Crippen LogP contribution in [0.4, 0.5) is 5.82 Å². The zero-order valence-electron chi connectivity index (χ0n) is 13.5. The number of thiophene rings is 1. The van der Waals surface area contributed by atoms with Gasteiger partial charge in [-0.1, -0.05) is 0 Å². The van der Waals surface area contributed by atoms with Crippen molar-refractivity contribution in [2.45, 2.75) is 20.4 Å². The monoisotopic (exact) mass is 342 g/mol. The molecule has 0 atom stereocenters. The molecule has 0 unspecified atom stereocenters. The number of amides is 1. The summed E-state index contributed by atoms with van der Waals surface area (Å²) in [6.07, 6.45) is 3.27. The van der Waals surface area contributed by atoms with Crippen LogP contribution in [0.1, 0.15) is 27.7 Å². The Kier molecular flexibility index (Phi) is 4.90. The van der Waals surface area contributed by atoms with E-state index in [9.17, 15) is 4.79 Å². The first-order chi connectivity index (χ1) is 11.7. The summed E-state index contributed by atoms with van der Waals surface area (Å²) in [7, 11) is 0. The van der Waals surface area contributed by atoms with Crippen molar-refractivity contribution in [1.29, 1.82) is 0 Å². The lowest BCUT2D eigenvalue weighted by Gasteiger charge is -2.11. The fourth-order valence-electron chi connectivity index (χ4n) is 2.27. The number of anilines is 1. The predicted molar refractivity (Wildman–Crippen MR) is 93.7 cm³/mol. The largest absolute Gasteiger partial charge is 0.477 e. The highest BCUT2D eigenvalue weighted by molar-refractivity contribution is 7.10. The smallest absolute Gasteiger partial charge is 0.262 e. The number of hydrogen-bond donors (Lipinski definition) is 1. The van der Waals surface area contributed by atoms with Gasteiger partial charge in [0.15, 0.2) is 0 Å². The molecule has 0 bridgehead atoms. The summed E-state index contributed by atoms with van der Waals surface area (Å²) in [6, 6.07) is 7.25. The minimum absolute atomic E-state index is 0.267. The maximum absolute atomic E-state index is 12.6. The van der Waals surface area contributed by atoms with E-state index in [1.165, 1.54) is 10.4 Å². The summed E-state index contributed by atoms with van der Waals surface area (Å²) >= 11 is 1.68. The molecule has 0 saturated heterocycles. The van der Waals surface area contributed by atoms with Crippen LogP contribution >= 0.6 is 11.3 Å². The fourth-order valence-corrected chi connectivity index (χ4v) is 3.15. The molecule has 3 aromatic heterocycles. The zero-order chi connectivity index (χ0) is 16.9. The highest BCUT2D eigenvalue weighted by Gasteiger charge is 2.15. The number of rotatable bonds is 6. The quantitative estimate of drug-likeness (QED) is 0.746. The van der Waals surface area contributed by atoms with E-state index in [-0.39, 0.29) is 5.91 Å². The van der Waals surface area contributed by atoms with Gasteiger partial charge in [-0.2, -0.15) is 5.10 Å². The molecule has 1 N–H and O–H groups in total. The SMILES string of the molecule is CCOc1ncccc1C(=O)Nc1ccnn1Cc1sccc1C. The van der Waals surface area contributed by atoms with Crippen molar-refractivity contribution in [2.75, 3.05) is 11.9 Å². The molecule has 6 nitrogen and oxygen atoms in total. The molecule has 0 aliphatic carbocycles. The van der Waals surface area contributed by atoms with Crippen LogP contribution in [0.3, 0.4) is 0 Å². The summed E-state index contributed by atoms with van der Waals surface area (Å²) in [5.41, 5.74) is 1.62. The van der Waals surface area contributed by atoms with Gasteiger partial charge in [0.05, 0.1) is 19.3 Å². The number of nitrogens with zero attached hydrogens (tertiary/aromatic N) is 3. The van der Waals surface area contributed by atoms with Crippen LogP contribution in [-0.4, -0.2) is 27.3 Å². The Morgan fingerprint density at radius 2 is 2.21 bits per heavy atom. The van der Waals surface area contributed by atoms with Crippen molar-refractivity contribution in [1.82, 2.24) is 14.8 Å².